The Morgan fingerprint density at radius 3 is 2.03 bits per heavy atom. The number of rotatable bonds is 6. The van der Waals surface area contributed by atoms with E-state index in [4.69, 9.17) is 11.6 Å². The molecule has 0 aliphatic heterocycles. The summed E-state index contributed by atoms with van der Waals surface area (Å²) in [5, 5.41) is 23.1. The molecule has 1 amide bonds. The van der Waals surface area contributed by atoms with Crippen molar-refractivity contribution in [3.63, 3.8) is 0 Å². The molecule has 9 nitrogen and oxygen atoms in total. The molecule has 10 heteroatoms. The number of nitrogens with one attached hydrogen (secondary N) is 1. The summed E-state index contributed by atoms with van der Waals surface area (Å²) in [4.78, 5) is 28.7. The summed E-state index contributed by atoms with van der Waals surface area (Å²) in [5.41, 5.74) is 8.16. The summed E-state index contributed by atoms with van der Waals surface area (Å²) in [6, 6.07) is 18.3. The quantitative estimate of drug-likeness (QED) is 0.163. The maximum atomic E-state index is 12.6. The molecule has 2 aromatic carbocycles. The third kappa shape index (κ3) is 4.93. The van der Waals surface area contributed by atoms with Crippen LogP contribution < -0.4 is 17.1 Å². The molecular weight excluding hydrogens is 450 g/mol. The van der Waals surface area contributed by atoms with E-state index in [1.54, 1.807) is 38.4 Å². The Labute approximate surface area is 200 Å². The molecule has 3 aromatic rings. The molecule has 5 N–H and O–H groups in total. The topological polar surface area (TPSA) is 165 Å². The first-order valence-corrected chi connectivity index (χ1v) is 11.0. The van der Waals surface area contributed by atoms with Gasteiger partial charge in [0, 0.05) is 25.2 Å². The van der Waals surface area contributed by atoms with Crippen molar-refractivity contribution in [3.05, 3.63) is 75.6 Å². The van der Waals surface area contributed by atoms with Crippen LogP contribution in [0.3, 0.4) is 0 Å². The molecule has 0 bridgehead atoms. The largest absolute Gasteiger partial charge is 0.385 e. The van der Waals surface area contributed by atoms with Gasteiger partial charge >= 0.3 is 0 Å². The number of nitrogens with zero attached hydrogens (tertiary/aromatic N) is 4. The molecule has 0 unspecified atom stereocenters. The fraction of sp³-hybridized carbons (Fsp3) is 0.125. The van der Waals surface area contributed by atoms with Crippen LogP contribution in [0.15, 0.2) is 63.5 Å². The van der Waals surface area contributed by atoms with Gasteiger partial charge in [0.2, 0.25) is 0 Å². The van der Waals surface area contributed by atoms with Crippen molar-refractivity contribution < 1.29 is 4.79 Å². The number of amides is 1. The number of H-pyrrole nitrogens is 1. The Hall–Kier alpha value is -4.54. The zero-order chi connectivity index (χ0) is 24.8. The van der Waals surface area contributed by atoms with Crippen molar-refractivity contribution in [2.75, 3.05) is 19.8 Å². The molecule has 0 atom stereocenters. The van der Waals surface area contributed by atoms with Crippen LogP contribution in [0.4, 0.5) is 0 Å². The lowest BCUT2D eigenvalue weighted by atomic mass is 9.95. The minimum Gasteiger partial charge on any atom is -0.385 e. The minimum atomic E-state index is -0.604. The molecule has 0 saturated carbocycles. The van der Waals surface area contributed by atoms with Gasteiger partial charge < -0.3 is 21.5 Å². The Balaban J connectivity index is 2.03. The highest BCUT2D eigenvalue weighted by molar-refractivity contribution is 8.00. The Kier molecular flexibility index (Phi) is 7.36. The molecule has 1 heterocycles. The highest BCUT2D eigenvalue weighted by atomic mass is 32.2. The zero-order valence-corrected chi connectivity index (χ0v) is 19.3. The number of carbonyl (C=O) groups excluding carboxylic acids is 1. The molecule has 3 rings (SSSR count). The van der Waals surface area contributed by atoms with E-state index in [0.29, 0.717) is 11.1 Å². The van der Waals surface area contributed by atoms with E-state index in [9.17, 15) is 20.1 Å². The molecule has 0 saturated heterocycles. The minimum absolute atomic E-state index is 0.0857. The monoisotopic (exact) mass is 471 g/mol. The highest BCUT2D eigenvalue weighted by Crippen LogP contribution is 2.32. The number of hydrazone groups is 1. The van der Waals surface area contributed by atoms with E-state index in [1.165, 1.54) is 4.90 Å². The van der Waals surface area contributed by atoms with E-state index in [-0.39, 0.29) is 39.2 Å². The van der Waals surface area contributed by atoms with Gasteiger partial charge in [-0.05, 0) is 28.8 Å². The standard InChI is InChI=1S/C24H21N7O2S/c1-31(2)24(33)17-9-5-15(6-10-17)14-3-7-16(8-4-14)21-18(11-25)22(32)29-23(19(21)12-26)34-13-20(27)30-28/h3-10H,13,28H2,1-2H3,(H2,27,30)(H,29,32). The first kappa shape index (κ1) is 24.1. The molecule has 0 radical (unpaired) electrons. The number of aromatic nitrogens is 1. The second kappa shape index (κ2) is 10.4. The van der Waals surface area contributed by atoms with E-state index in [1.807, 2.05) is 30.3 Å². The second-order valence-corrected chi connectivity index (χ2v) is 8.38. The molecule has 0 aliphatic carbocycles. The van der Waals surface area contributed by atoms with E-state index in [0.717, 1.165) is 22.9 Å². The first-order valence-electron chi connectivity index (χ1n) is 9.98. The van der Waals surface area contributed by atoms with Crippen molar-refractivity contribution in [2.24, 2.45) is 16.7 Å². The lowest BCUT2D eigenvalue weighted by molar-refractivity contribution is 0.0827. The van der Waals surface area contributed by atoms with Crippen molar-refractivity contribution in [3.8, 4) is 34.4 Å². The first-order chi connectivity index (χ1) is 16.3. The molecule has 0 fully saturated rings. The molecule has 34 heavy (non-hydrogen) atoms. The predicted octanol–water partition coefficient (Wildman–Crippen LogP) is 2.48. The van der Waals surface area contributed by atoms with Crippen molar-refractivity contribution in [1.29, 1.82) is 10.5 Å². The fourth-order valence-corrected chi connectivity index (χ4v) is 4.09. The van der Waals surface area contributed by atoms with Gasteiger partial charge in [-0.3, -0.25) is 9.59 Å². The van der Waals surface area contributed by atoms with Crippen LogP contribution in [-0.2, 0) is 0 Å². The van der Waals surface area contributed by atoms with Crippen LogP contribution in [0, 0.1) is 22.7 Å². The maximum absolute atomic E-state index is 12.6. The van der Waals surface area contributed by atoms with Crippen LogP contribution in [0.1, 0.15) is 21.5 Å². The normalized spacial score (nSPS) is 10.9. The van der Waals surface area contributed by atoms with Gasteiger partial charge in [-0.1, -0.05) is 48.2 Å². The van der Waals surface area contributed by atoms with Crippen molar-refractivity contribution >= 4 is 23.5 Å². The third-order valence-corrected chi connectivity index (χ3v) is 6.01. The Morgan fingerprint density at radius 1 is 1.00 bits per heavy atom. The van der Waals surface area contributed by atoms with E-state index in [2.05, 4.69) is 16.2 Å². The van der Waals surface area contributed by atoms with E-state index >= 15 is 0 Å². The fourth-order valence-electron chi connectivity index (χ4n) is 3.27. The number of aromatic amines is 1. The smallest absolute Gasteiger partial charge is 0.267 e. The number of hydrogen-bond donors (Lipinski definition) is 3. The number of hydrogen-bond acceptors (Lipinski definition) is 7. The molecule has 0 spiro atoms. The Bertz CT molecular complexity index is 1390. The summed E-state index contributed by atoms with van der Waals surface area (Å²) in [7, 11) is 3.39. The molecular formula is C24H21N7O2S. The molecule has 0 aliphatic rings. The van der Waals surface area contributed by atoms with Crippen LogP contribution in [0.25, 0.3) is 22.3 Å². The summed E-state index contributed by atoms with van der Waals surface area (Å²) >= 11 is 1.10. The number of thioether (sulfide) groups is 1. The third-order valence-electron chi connectivity index (χ3n) is 4.98. The number of amidine groups is 1. The lowest BCUT2D eigenvalue weighted by Gasteiger charge is -2.12. The van der Waals surface area contributed by atoms with Crippen LogP contribution in [0.2, 0.25) is 0 Å². The number of benzene rings is 2. The Morgan fingerprint density at radius 2 is 1.53 bits per heavy atom. The lowest BCUT2D eigenvalue weighted by Crippen LogP contribution is -2.21. The van der Waals surface area contributed by atoms with Gasteiger partial charge in [-0.2, -0.15) is 15.6 Å². The summed E-state index contributed by atoms with van der Waals surface area (Å²) < 4.78 is 0. The number of pyridine rings is 1. The number of nitrogens with two attached hydrogens (primary N) is 2. The van der Waals surface area contributed by atoms with Crippen molar-refractivity contribution in [2.45, 2.75) is 5.03 Å². The summed E-state index contributed by atoms with van der Waals surface area (Å²) in [6.45, 7) is 0. The van der Waals surface area contributed by atoms with Gasteiger partial charge in [-0.25, -0.2) is 0 Å². The summed E-state index contributed by atoms with van der Waals surface area (Å²) in [6.07, 6.45) is 0. The zero-order valence-electron chi connectivity index (χ0n) is 18.5. The van der Waals surface area contributed by atoms with Crippen LogP contribution in [0.5, 0.6) is 0 Å². The summed E-state index contributed by atoms with van der Waals surface area (Å²) in [5.74, 6) is 5.37. The SMILES string of the molecule is CN(C)C(=O)c1ccc(-c2ccc(-c3c(C#N)c(SC/C(N)=N/N)[nH]c(=O)c3C#N)cc2)cc1. The molecule has 1 aromatic heterocycles. The molecule has 170 valence electrons. The number of nitriles is 2. The van der Waals surface area contributed by atoms with Crippen LogP contribution >= 0.6 is 11.8 Å². The average Bonchev–Trinajstić information content (AvgIpc) is 2.86. The van der Waals surface area contributed by atoms with Gasteiger partial charge in [0.1, 0.15) is 23.5 Å². The van der Waals surface area contributed by atoms with Crippen LogP contribution in [-0.4, -0.2) is 41.5 Å². The maximum Gasteiger partial charge on any atom is 0.267 e. The van der Waals surface area contributed by atoms with E-state index < -0.39 is 5.56 Å². The van der Waals surface area contributed by atoms with Gasteiger partial charge in [0.15, 0.2) is 0 Å². The predicted molar refractivity (Wildman–Crippen MR) is 132 cm³/mol. The van der Waals surface area contributed by atoms with Gasteiger partial charge in [-0.15, -0.1) is 0 Å². The highest BCUT2D eigenvalue weighted by Gasteiger charge is 2.20. The van der Waals surface area contributed by atoms with Gasteiger partial charge in [0.05, 0.1) is 16.3 Å². The number of carbonyl (C=O) groups is 1. The average molecular weight is 472 g/mol. The van der Waals surface area contributed by atoms with Gasteiger partial charge in [0.25, 0.3) is 11.5 Å². The second-order valence-electron chi connectivity index (χ2n) is 7.40. The van der Waals surface area contributed by atoms with Crippen molar-refractivity contribution in [1.82, 2.24) is 9.88 Å².